The summed E-state index contributed by atoms with van der Waals surface area (Å²) in [5.41, 5.74) is 1.56. The number of sulfonamides is 1. The minimum absolute atomic E-state index is 0.0164. The number of thiazole rings is 1. The molecule has 0 radical (unpaired) electrons. The van der Waals surface area contributed by atoms with E-state index in [0.717, 1.165) is 67.4 Å². The van der Waals surface area contributed by atoms with E-state index in [-0.39, 0.29) is 25.5 Å². The third-order valence-electron chi connectivity index (χ3n) is 13.4. The molecule has 0 unspecified atom stereocenters. The Kier molecular flexibility index (Phi) is 12.2. The van der Waals surface area contributed by atoms with Gasteiger partial charge in [0.05, 0.1) is 23.0 Å². The van der Waals surface area contributed by atoms with Gasteiger partial charge in [0.2, 0.25) is 21.8 Å². The molecule has 2 aromatic heterocycles. The molecule has 0 spiro atoms. The average molecular weight is 888 g/mol. The largest absolute Gasteiger partial charge is 0.488 e. The number of nitrogens with one attached hydrogen (secondary N) is 4. The van der Waals surface area contributed by atoms with E-state index in [9.17, 15) is 27.6 Å². The van der Waals surface area contributed by atoms with Crippen LogP contribution in [0.4, 0.5) is 9.93 Å². The molecule has 4 amide bonds. The Hall–Kier alpha value is -4.77. The Labute approximate surface area is 366 Å². The van der Waals surface area contributed by atoms with Gasteiger partial charge in [0, 0.05) is 35.2 Å². The van der Waals surface area contributed by atoms with Gasteiger partial charge in [0.15, 0.2) is 5.13 Å². The lowest BCUT2D eigenvalue weighted by Crippen LogP contribution is -2.58. The zero-order chi connectivity index (χ0) is 43.0. The SMILES string of the molecule is Cc1ccc2c(O[C@@H]3C[C@H]4C(=O)N[C@]5(C(=O)NS(=O)(=O)C6CC6)C[C@@H]5/C=C\CCCCC[C@H](NC(=O)OC5CCCC5)C(=O)N4C3)cc(-c3csc(NC4CCCC4)n3)nc2c1. The number of hydrogen-bond donors (Lipinski definition) is 4. The molecule has 17 heteroatoms. The number of aryl methyl sites for hydroxylation is 1. The van der Waals surface area contributed by atoms with Crippen molar-refractivity contribution in [1.29, 1.82) is 0 Å². The van der Waals surface area contributed by atoms with Crippen LogP contribution in [-0.2, 0) is 29.1 Å². The maximum Gasteiger partial charge on any atom is 0.408 e. The molecule has 9 rings (SSSR count). The number of ether oxygens (including phenoxy) is 2. The maximum absolute atomic E-state index is 14.8. The highest BCUT2D eigenvalue weighted by Crippen LogP contribution is 2.46. The molecule has 62 heavy (non-hydrogen) atoms. The Morgan fingerprint density at radius 2 is 1.69 bits per heavy atom. The monoisotopic (exact) mass is 887 g/mol. The summed E-state index contributed by atoms with van der Waals surface area (Å²) in [6.07, 6.45) is 15.0. The van der Waals surface area contributed by atoms with Gasteiger partial charge in [-0.25, -0.2) is 23.2 Å². The van der Waals surface area contributed by atoms with Crippen LogP contribution in [-0.4, -0.2) is 94.8 Å². The molecular formula is C45H57N7O8S2. The van der Waals surface area contributed by atoms with Crippen LogP contribution in [0.2, 0.25) is 0 Å². The van der Waals surface area contributed by atoms with Gasteiger partial charge in [-0.2, -0.15) is 0 Å². The highest BCUT2D eigenvalue weighted by molar-refractivity contribution is 7.91. The number of amides is 4. The molecule has 4 saturated carbocycles. The van der Waals surface area contributed by atoms with Crippen molar-refractivity contribution in [2.75, 3.05) is 11.9 Å². The zero-order valence-corrected chi connectivity index (χ0v) is 36.9. The van der Waals surface area contributed by atoms with E-state index in [1.165, 1.54) is 29.1 Å². The molecule has 0 bridgehead atoms. The van der Waals surface area contributed by atoms with Crippen LogP contribution in [0.3, 0.4) is 0 Å². The molecule has 4 aliphatic carbocycles. The number of pyridine rings is 1. The highest BCUT2D eigenvalue weighted by atomic mass is 32.2. The minimum atomic E-state index is -3.90. The molecule has 5 fully saturated rings. The first-order valence-corrected chi connectivity index (χ1v) is 25.0. The molecule has 332 valence electrons. The van der Waals surface area contributed by atoms with Crippen molar-refractivity contribution in [3.8, 4) is 17.1 Å². The summed E-state index contributed by atoms with van der Waals surface area (Å²) in [5, 5.41) is 12.3. The Bertz CT molecular complexity index is 2340. The fourth-order valence-corrected chi connectivity index (χ4v) is 11.7. The van der Waals surface area contributed by atoms with E-state index in [1.807, 2.05) is 48.7 Å². The maximum atomic E-state index is 14.8. The average Bonchev–Trinajstić information content (AvgIpc) is 3.81. The van der Waals surface area contributed by atoms with E-state index in [1.54, 1.807) is 0 Å². The van der Waals surface area contributed by atoms with Gasteiger partial charge in [-0.1, -0.05) is 43.9 Å². The van der Waals surface area contributed by atoms with Gasteiger partial charge in [-0.05, 0) is 102 Å². The minimum Gasteiger partial charge on any atom is -0.488 e. The number of fused-ring (bicyclic) bond motifs is 3. The number of benzene rings is 1. The second-order valence-corrected chi connectivity index (χ2v) is 21.0. The predicted octanol–water partition coefficient (Wildman–Crippen LogP) is 6.41. The third kappa shape index (κ3) is 9.43. The van der Waals surface area contributed by atoms with Gasteiger partial charge in [-0.15, -0.1) is 11.3 Å². The highest BCUT2D eigenvalue weighted by Gasteiger charge is 2.62. The van der Waals surface area contributed by atoms with Gasteiger partial charge in [0.1, 0.15) is 41.3 Å². The Morgan fingerprint density at radius 3 is 2.48 bits per heavy atom. The number of anilines is 1. The molecular weight excluding hydrogens is 831 g/mol. The molecule has 4 heterocycles. The smallest absolute Gasteiger partial charge is 0.408 e. The third-order valence-corrected chi connectivity index (χ3v) is 16.0. The number of aromatic nitrogens is 2. The number of alkyl carbamates (subject to hydrolysis) is 1. The fourth-order valence-electron chi connectivity index (χ4n) is 9.60. The summed E-state index contributed by atoms with van der Waals surface area (Å²) in [5.74, 6) is -1.72. The summed E-state index contributed by atoms with van der Waals surface area (Å²) in [7, 11) is -3.90. The van der Waals surface area contributed by atoms with Gasteiger partial charge in [0.25, 0.3) is 5.91 Å². The quantitative estimate of drug-likeness (QED) is 0.164. The summed E-state index contributed by atoms with van der Waals surface area (Å²) in [6.45, 7) is 2.01. The van der Waals surface area contributed by atoms with Crippen molar-refractivity contribution < 1.29 is 37.1 Å². The van der Waals surface area contributed by atoms with Crippen LogP contribution in [0.5, 0.6) is 5.75 Å². The summed E-state index contributed by atoms with van der Waals surface area (Å²) < 4.78 is 40.8. The molecule has 1 aromatic carbocycles. The number of carbonyl (C=O) groups excluding carboxylic acids is 4. The van der Waals surface area contributed by atoms with Crippen molar-refractivity contribution in [2.45, 2.75) is 157 Å². The van der Waals surface area contributed by atoms with E-state index in [4.69, 9.17) is 19.4 Å². The van der Waals surface area contributed by atoms with Crippen LogP contribution in [0.15, 0.2) is 41.8 Å². The van der Waals surface area contributed by atoms with Crippen LogP contribution in [0.25, 0.3) is 22.3 Å². The van der Waals surface area contributed by atoms with Crippen LogP contribution in [0.1, 0.15) is 115 Å². The molecule has 15 nitrogen and oxygen atoms in total. The van der Waals surface area contributed by atoms with E-state index >= 15 is 0 Å². The van der Waals surface area contributed by atoms with Crippen molar-refractivity contribution >= 4 is 61.2 Å². The van der Waals surface area contributed by atoms with Crippen molar-refractivity contribution in [1.82, 2.24) is 30.2 Å². The Morgan fingerprint density at radius 1 is 0.919 bits per heavy atom. The lowest BCUT2D eigenvalue weighted by Gasteiger charge is -2.30. The summed E-state index contributed by atoms with van der Waals surface area (Å²) in [6, 6.07) is 6.11. The fraction of sp³-hybridized carbons (Fsp3) is 0.600. The van der Waals surface area contributed by atoms with Gasteiger partial charge >= 0.3 is 6.09 Å². The normalized spacial score (nSPS) is 28.0. The van der Waals surface area contributed by atoms with Crippen molar-refractivity contribution in [2.24, 2.45) is 5.92 Å². The lowest BCUT2D eigenvalue weighted by atomic mass is 10.0. The van der Waals surface area contributed by atoms with Crippen molar-refractivity contribution in [3.05, 3.63) is 47.4 Å². The van der Waals surface area contributed by atoms with Gasteiger partial charge in [-0.3, -0.25) is 19.1 Å². The zero-order valence-electron chi connectivity index (χ0n) is 35.2. The predicted molar refractivity (Wildman–Crippen MR) is 235 cm³/mol. The lowest BCUT2D eigenvalue weighted by molar-refractivity contribution is -0.141. The summed E-state index contributed by atoms with van der Waals surface area (Å²) >= 11 is 1.54. The standard InChI is InChI=1S/C45H57N7O8S2/c1-27-17-20-33-35(21-27)47-36(37-26-61-43(48-37)46-29-12-7-8-13-29)23-39(33)59-31-22-38-40(53)50-45(42(55)51-62(57,58)32-18-19-32)24-28(45)11-5-3-2-4-6-16-34(41(54)52(38)25-31)49-44(56)60-30-14-9-10-15-30/h5,11,17,20-21,23,26,28-32,34,38H,2-4,6-10,12-16,18-19,22,24-25H2,1H3,(H,46,48)(H,49,56)(H,50,53)(H,51,55)/b11-5-/t28-,31+,34-,38-,45+/m0/s1. The second-order valence-electron chi connectivity index (χ2n) is 18.2. The van der Waals surface area contributed by atoms with Crippen LogP contribution < -0.4 is 25.4 Å². The first kappa shape index (κ1) is 42.5. The summed E-state index contributed by atoms with van der Waals surface area (Å²) in [4.78, 5) is 68.0. The number of hydrogen-bond acceptors (Lipinski definition) is 12. The topological polar surface area (TPSA) is 198 Å². The first-order chi connectivity index (χ1) is 29.9. The number of carbonyl (C=O) groups is 4. The van der Waals surface area contributed by atoms with Gasteiger partial charge < -0.3 is 30.3 Å². The van der Waals surface area contributed by atoms with Crippen molar-refractivity contribution in [3.63, 3.8) is 0 Å². The molecule has 5 atom stereocenters. The molecule has 4 N–H and O–H groups in total. The van der Waals surface area contributed by atoms with Crippen LogP contribution in [0, 0.1) is 12.8 Å². The van der Waals surface area contributed by atoms with E-state index < -0.39 is 68.7 Å². The first-order valence-electron chi connectivity index (χ1n) is 22.6. The molecule has 1 saturated heterocycles. The molecule has 3 aromatic rings. The van der Waals surface area contributed by atoms with E-state index in [2.05, 4.69) is 20.7 Å². The number of rotatable bonds is 10. The van der Waals surface area contributed by atoms with E-state index in [0.29, 0.717) is 60.8 Å². The number of nitrogens with zero attached hydrogens (tertiary/aromatic N) is 3. The Balaban J connectivity index is 1.02. The number of allylic oxidation sites excluding steroid dienone is 1. The molecule has 2 aliphatic heterocycles. The van der Waals surface area contributed by atoms with Crippen LogP contribution >= 0.6 is 11.3 Å². The second kappa shape index (κ2) is 17.8. The molecule has 6 aliphatic rings.